The Balaban J connectivity index is 2.85. The Hall–Kier alpha value is -1.02. The first-order valence-electron chi connectivity index (χ1n) is 4.50. The predicted molar refractivity (Wildman–Crippen MR) is 58.5 cm³/mol. The molecule has 1 rings (SSSR count). The molecule has 0 saturated carbocycles. The molecule has 14 heavy (non-hydrogen) atoms. The van der Waals surface area contributed by atoms with Crippen molar-refractivity contribution in [3.63, 3.8) is 0 Å². The summed E-state index contributed by atoms with van der Waals surface area (Å²) in [5, 5.41) is -0.615. The third-order valence-electron chi connectivity index (χ3n) is 2.21. The maximum atomic E-state index is 10.8. The number of primary amides is 1. The maximum absolute atomic E-state index is 10.8. The van der Waals surface area contributed by atoms with Gasteiger partial charge >= 0.3 is 0 Å². The number of carbonyl (C=O) groups is 1. The summed E-state index contributed by atoms with van der Waals surface area (Å²) < 4.78 is 0. The molecule has 0 aliphatic rings. The smallest absolute Gasteiger partial charge is 0.235 e. The molecular weight excluding hydrogens is 198 g/mol. The second-order valence-electron chi connectivity index (χ2n) is 3.50. The monoisotopic (exact) mass is 211 g/mol. The average molecular weight is 212 g/mol. The van der Waals surface area contributed by atoms with Gasteiger partial charge in [-0.05, 0) is 31.4 Å². The Labute approximate surface area is 89.1 Å². The molecule has 0 aliphatic carbocycles. The molecule has 1 aromatic carbocycles. The van der Waals surface area contributed by atoms with E-state index in [9.17, 15) is 4.79 Å². The summed E-state index contributed by atoms with van der Waals surface area (Å²) in [5.74, 6) is -0.465. The molecular formula is C11H14ClNO. The van der Waals surface area contributed by atoms with Crippen molar-refractivity contribution in [2.24, 2.45) is 5.73 Å². The van der Waals surface area contributed by atoms with E-state index in [0.29, 0.717) is 6.42 Å². The molecule has 0 aliphatic heterocycles. The van der Waals surface area contributed by atoms with Crippen LogP contribution in [0.25, 0.3) is 0 Å². The highest BCUT2D eigenvalue weighted by atomic mass is 35.5. The van der Waals surface area contributed by atoms with Crippen molar-refractivity contribution in [1.29, 1.82) is 0 Å². The lowest BCUT2D eigenvalue weighted by Crippen LogP contribution is -2.25. The van der Waals surface area contributed by atoms with Crippen LogP contribution >= 0.6 is 11.6 Å². The van der Waals surface area contributed by atoms with Crippen LogP contribution in [0.4, 0.5) is 0 Å². The molecule has 2 N–H and O–H groups in total. The largest absolute Gasteiger partial charge is 0.368 e. The zero-order chi connectivity index (χ0) is 10.7. The Morgan fingerprint density at radius 3 is 2.71 bits per heavy atom. The summed E-state index contributed by atoms with van der Waals surface area (Å²) >= 11 is 5.80. The molecule has 0 fully saturated rings. The van der Waals surface area contributed by atoms with Crippen LogP contribution in [0.3, 0.4) is 0 Å². The SMILES string of the molecule is Cc1ccc(C)c(CC(Cl)C(N)=O)c1. The topological polar surface area (TPSA) is 43.1 Å². The first kappa shape index (κ1) is 11.1. The molecule has 0 saturated heterocycles. The van der Waals surface area contributed by atoms with Gasteiger partial charge in [-0.2, -0.15) is 0 Å². The third-order valence-corrected chi connectivity index (χ3v) is 2.58. The Morgan fingerprint density at radius 1 is 1.50 bits per heavy atom. The molecule has 76 valence electrons. The van der Waals surface area contributed by atoms with E-state index in [1.807, 2.05) is 32.0 Å². The van der Waals surface area contributed by atoms with Crippen LogP contribution in [0, 0.1) is 13.8 Å². The number of nitrogens with two attached hydrogens (primary N) is 1. The van der Waals surface area contributed by atoms with Crippen molar-refractivity contribution in [2.45, 2.75) is 25.6 Å². The summed E-state index contributed by atoms with van der Waals surface area (Å²) in [7, 11) is 0. The Kier molecular flexibility index (Phi) is 3.53. The number of amides is 1. The van der Waals surface area contributed by atoms with Gasteiger partial charge in [-0.3, -0.25) is 4.79 Å². The van der Waals surface area contributed by atoms with Crippen molar-refractivity contribution in [3.8, 4) is 0 Å². The maximum Gasteiger partial charge on any atom is 0.235 e. The van der Waals surface area contributed by atoms with Gasteiger partial charge in [-0.1, -0.05) is 23.8 Å². The van der Waals surface area contributed by atoms with Gasteiger partial charge in [0, 0.05) is 0 Å². The van der Waals surface area contributed by atoms with E-state index >= 15 is 0 Å². The number of alkyl halides is 1. The molecule has 2 nitrogen and oxygen atoms in total. The highest BCUT2D eigenvalue weighted by molar-refractivity contribution is 6.30. The standard InChI is InChI=1S/C11H14ClNO/c1-7-3-4-8(2)9(5-7)6-10(12)11(13)14/h3-5,10H,6H2,1-2H3,(H2,13,14). The molecule has 0 radical (unpaired) electrons. The van der Waals surface area contributed by atoms with Gasteiger partial charge in [0.2, 0.25) is 5.91 Å². The summed E-state index contributed by atoms with van der Waals surface area (Å²) in [6.07, 6.45) is 0.504. The van der Waals surface area contributed by atoms with Crippen LogP contribution in [-0.2, 0) is 11.2 Å². The number of halogens is 1. The number of aryl methyl sites for hydroxylation is 2. The van der Waals surface area contributed by atoms with E-state index in [4.69, 9.17) is 17.3 Å². The van der Waals surface area contributed by atoms with Gasteiger partial charge in [0.1, 0.15) is 5.38 Å². The molecule has 0 aromatic heterocycles. The van der Waals surface area contributed by atoms with E-state index < -0.39 is 11.3 Å². The van der Waals surface area contributed by atoms with Gasteiger partial charge < -0.3 is 5.73 Å². The highest BCUT2D eigenvalue weighted by Crippen LogP contribution is 2.14. The van der Waals surface area contributed by atoms with Crippen LogP contribution in [0.15, 0.2) is 18.2 Å². The number of carbonyl (C=O) groups excluding carboxylic acids is 1. The first-order chi connectivity index (χ1) is 6.50. The van der Waals surface area contributed by atoms with Gasteiger partial charge in [0.25, 0.3) is 0 Å². The fraction of sp³-hybridized carbons (Fsp3) is 0.364. The Morgan fingerprint density at radius 2 is 2.14 bits per heavy atom. The molecule has 0 spiro atoms. The van der Waals surface area contributed by atoms with E-state index in [0.717, 1.165) is 11.1 Å². The van der Waals surface area contributed by atoms with Crippen molar-refractivity contribution >= 4 is 17.5 Å². The van der Waals surface area contributed by atoms with Gasteiger partial charge in [0.05, 0.1) is 0 Å². The Bertz CT molecular complexity index is 349. The number of hydrogen-bond acceptors (Lipinski definition) is 1. The van der Waals surface area contributed by atoms with Crippen LogP contribution in [-0.4, -0.2) is 11.3 Å². The molecule has 3 heteroatoms. The summed E-state index contributed by atoms with van der Waals surface area (Å²) in [6.45, 7) is 4.01. The summed E-state index contributed by atoms with van der Waals surface area (Å²) in [6, 6.07) is 6.09. The van der Waals surface area contributed by atoms with Crippen molar-refractivity contribution < 1.29 is 4.79 Å². The van der Waals surface area contributed by atoms with Crippen LogP contribution in [0.2, 0.25) is 0 Å². The minimum Gasteiger partial charge on any atom is -0.368 e. The summed E-state index contributed by atoms with van der Waals surface area (Å²) in [5.41, 5.74) is 8.49. The number of rotatable bonds is 3. The first-order valence-corrected chi connectivity index (χ1v) is 4.94. The minimum absolute atomic E-state index is 0.465. The van der Waals surface area contributed by atoms with E-state index in [1.54, 1.807) is 0 Å². The molecule has 1 amide bonds. The fourth-order valence-corrected chi connectivity index (χ4v) is 1.48. The number of benzene rings is 1. The van der Waals surface area contributed by atoms with Gasteiger partial charge in [0.15, 0.2) is 0 Å². The quantitative estimate of drug-likeness (QED) is 0.763. The molecule has 1 unspecified atom stereocenters. The molecule has 0 heterocycles. The van der Waals surface area contributed by atoms with Crippen molar-refractivity contribution in [2.75, 3.05) is 0 Å². The zero-order valence-corrected chi connectivity index (χ0v) is 9.14. The van der Waals surface area contributed by atoms with Gasteiger partial charge in [-0.15, -0.1) is 11.6 Å². The zero-order valence-electron chi connectivity index (χ0n) is 8.38. The lowest BCUT2D eigenvalue weighted by Gasteiger charge is -2.09. The fourth-order valence-electron chi connectivity index (χ4n) is 1.31. The second kappa shape index (κ2) is 4.47. The lowest BCUT2D eigenvalue weighted by molar-refractivity contribution is -0.117. The lowest BCUT2D eigenvalue weighted by atomic mass is 10.0. The average Bonchev–Trinajstić information content (AvgIpc) is 2.11. The van der Waals surface area contributed by atoms with Crippen molar-refractivity contribution in [1.82, 2.24) is 0 Å². The molecule has 1 atom stereocenters. The van der Waals surface area contributed by atoms with E-state index in [2.05, 4.69) is 0 Å². The van der Waals surface area contributed by atoms with Crippen molar-refractivity contribution in [3.05, 3.63) is 34.9 Å². The van der Waals surface area contributed by atoms with Crippen LogP contribution in [0.5, 0.6) is 0 Å². The minimum atomic E-state index is -0.615. The normalized spacial score (nSPS) is 12.5. The third kappa shape index (κ3) is 2.74. The second-order valence-corrected chi connectivity index (χ2v) is 4.03. The molecule has 1 aromatic rings. The highest BCUT2D eigenvalue weighted by Gasteiger charge is 2.13. The van der Waals surface area contributed by atoms with Crippen LogP contribution in [0.1, 0.15) is 16.7 Å². The summed E-state index contributed by atoms with van der Waals surface area (Å²) in [4.78, 5) is 10.8. The molecule has 0 bridgehead atoms. The van der Waals surface area contributed by atoms with Gasteiger partial charge in [-0.25, -0.2) is 0 Å². The van der Waals surface area contributed by atoms with E-state index in [1.165, 1.54) is 5.56 Å². The van der Waals surface area contributed by atoms with E-state index in [-0.39, 0.29) is 0 Å². The van der Waals surface area contributed by atoms with Crippen LogP contribution < -0.4 is 5.73 Å². The predicted octanol–water partition coefficient (Wildman–Crippen LogP) is 1.94. The number of hydrogen-bond donors (Lipinski definition) is 1.